The van der Waals surface area contributed by atoms with E-state index in [-0.39, 0.29) is 23.9 Å². The Morgan fingerprint density at radius 1 is 1.38 bits per heavy atom. The highest BCUT2D eigenvalue weighted by Crippen LogP contribution is 2.37. The van der Waals surface area contributed by atoms with E-state index in [0.29, 0.717) is 10.0 Å². The molecule has 126 valence electrons. The van der Waals surface area contributed by atoms with E-state index in [0.717, 1.165) is 16.0 Å². The highest BCUT2D eigenvalue weighted by molar-refractivity contribution is 7.89. The zero-order chi connectivity index (χ0) is 17.5. The zero-order valence-corrected chi connectivity index (χ0v) is 15.3. The highest BCUT2D eigenvalue weighted by Gasteiger charge is 2.32. The van der Waals surface area contributed by atoms with Crippen molar-refractivity contribution in [1.82, 2.24) is 4.31 Å². The number of anilines is 1. The number of nitrogens with one attached hydrogen (secondary N) is 1. The van der Waals surface area contributed by atoms with Crippen molar-refractivity contribution in [1.29, 1.82) is 0 Å². The Morgan fingerprint density at radius 3 is 2.75 bits per heavy atom. The Kier molecular flexibility index (Phi) is 4.52. The van der Waals surface area contributed by atoms with Crippen LogP contribution in [0.3, 0.4) is 0 Å². The van der Waals surface area contributed by atoms with Crippen molar-refractivity contribution < 1.29 is 13.2 Å². The summed E-state index contributed by atoms with van der Waals surface area (Å²) >= 11 is 7.42. The number of amides is 1. The number of halogens is 1. The van der Waals surface area contributed by atoms with Gasteiger partial charge in [0.25, 0.3) is 0 Å². The average molecular weight is 383 g/mol. The lowest BCUT2D eigenvalue weighted by Crippen LogP contribution is -2.25. The number of hydrogen-bond acceptors (Lipinski definition) is 4. The first-order valence-corrected chi connectivity index (χ1v) is 9.76. The minimum absolute atomic E-state index is 0.188. The molecule has 3 rings (SSSR count). The van der Waals surface area contributed by atoms with Crippen LogP contribution in [0.5, 0.6) is 0 Å². The van der Waals surface area contributed by atoms with Crippen LogP contribution < -0.4 is 5.32 Å². The maximum atomic E-state index is 12.8. The number of rotatable bonds is 4. The van der Waals surface area contributed by atoms with Crippen LogP contribution in [-0.4, -0.2) is 18.6 Å². The molecule has 0 saturated carbocycles. The summed E-state index contributed by atoms with van der Waals surface area (Å²) in [4.78, 5) is 12.5. The molecule has 0 radical (unpaired) electrons. The Hall–Kier alpha value is -1.67. The first kappa shape index (κ1) is 17.2. The van der Waals surface area contributed by atoms with E-state index in [1.807, 2.05) is 6.92 Å². The third-order valence-corrected chi connectivity index (χ3v) is 7.05. The molecule has 0 spiro atoms. The van der Waals surface area contributed by atoms with Gasteiger partial charge in [0.15, 0.2) is 0 Å². The topological polar surface area (TPSA) is 66.5 Å². The smallest absolute Gasteiger partial charge is 0.248 e. The molecule has 24 heavy (non-hydrogen) atoms. The zero-order valence-electron chi connectivity index (χ0n) is 12.9. The van der Waals surface area contributed by atoms with Crippen LogP contribution >= 0.6 is 22.9 Å². The van der Waals surface area contributed by atoms with E-state index in [1.54, 1.807) is 18.2 Å². The van der Waals surface area contributed by atoms with E-state index in [1.165, 1.54) is 27.8 Å². The fraction of sp³-hybridized carbons (Fsp3) is 0.188. The third-order valence-electron chi connectivity index (χ3n) is 3.78. The minimum Gasteiger partial charge on any atom is -0.314 e. The van der Waals surface area contributed by atoms with Crippen molar-refractivity contribution in [3.8, 4) is 0 Å². The SMILES string of the molecule is C=CC(=O)Nc1cc2c(s1)CN(S(=O)(=O)c1ccc(C)c(Cl)c1)C2. The molecule has 1 aromatic heterocycles. The molecule has 2 heterocycles. The van der Waals surface area contributed by atoms with E-state index < -0.39 is 10.0 Å². The molecule has 0 fully saturated rings. The Balaban J connectivity index is 1.81. The monoisotopic (exact) mass is 382 g/mol. The second-order valence-electron chi connectivity index (χ2n) is 5.44. The van der Waals surface area contributed by atoms with Gasteiger partial charge in [-0.05, 0) is 42.3 Å². The second kappa shape index (κ2) is 6.33. The lowest BCUT2D eigenvalue weighted by Gasteiger charge is -2.16. The van der Waals surface area contributed by atoms with Crippen molar-refractivity contribution >= 4 is 43.9 Å². The van der Waals surface area contributed by atoms with Gasteiger partial charge in [-0.2, -0.15) is 4.31 Å². The molecule has 0 atom stereocenters. The van der Waals surface area contributed by atoms with Crippen LogP contribution in [0.1, 0.15) is 16.0 Å². The molecule has 2 aromatic rings. The van der Waals surface area contributed by atoms with Gasteiger partial charge < -0.3 is 5.32 Å². The van der Waals surface area contributed by atoms with Gasteiger partial charge in [-0.15, -0.1) is 11.3 Å². The lowest BCUT2D eigenvalue weighted by atomic mass is 10.2. The van der Waals surface area contributed by atoms with E-state index in [2.05, 4.69) is 11.9 Å². The Labute approximate surface area is 149 Å². The van der Waals surface area contributed by atoms with Crippen LogP contribution in [0.4, 0.5) is 5.00 Å². The number of nitrogens with zero attached hydrogens (tertiary/aromatic N) is 1. The van der Waals surface area contributed by atoms with E-state index in [4.69, 9.17) is 11.6 Å². The number of fused-ring (bicyclic) bond motifs is 1. The Morgan fingerprint density at radius 2 is 2.12 bits per heavy atom. The second-order valence-corrected chi connectivity index (χ2v) is 8.92. The molecule has 0 aliphatic carbocycles. The molecule has 8 heteroatoms. The normalized spacial score (nSPS) is 14.4. The van der Waals surface area contributed by atoms with Gasteiger partial charge >= 0.3 is 0 Å². The van der Waals surface area contributed by atoms with Gasteiger partial charge in [0.1, 0.15) is 0 Å². The molecule has 0 bridgehead atoms. The molecule has 1 aliphatic rings. The van der Waals surface area contributed by atoms with Crippen LogP contribution in [0, 0.1) is 6.92 Å². The molecule has 1 N–H and O–H groups in total. The molecule has 1 aromatic carbocycles. The van der Waals surface area contributed by atoms with Crippen molar-refractivity contribution in [2.45, 2.75) is 24.9 Å². The molecular weight excluding hydrogens is 368 g/mol. The largest absolute Gasteiger partial charge is 0.314 e. The van der Waals surface area contributed by atoms with Crippen LogP contribution in [0.2, 0.25) is 5.02 Å². The summed E-state index contributed by atoms with van der Waals surface area (Å²) in [6.45, 7) is 5.80. The first-order valence-electron chi connectivity index (χ1n) is 7.12. The number of carbonyl (C=O) groups excluding carboxylic acids is 1. The van der Waals surface area contributed by atoms with Crippen LogP contribution in [-0.2, 0) is 27.9 Å². The van der Waals surface area contributed by atoms with Gasteiger partial charge in [0.05, 0.1) is 9.90 Å². The molecule has 5 nitrogen and oxygen atoms in total. The fourth-order valence-electron chi connectivity index (χ4n) is 2.43. The van der Waals surface area contributed by atoms with Crippen LogP contribution in [0.25, 0.3) is 0 Å². The summed E-state index contributed by atoms with van der Waals surface area (Å²) in [5, 5.41) is 3.82. The number of benzene rings is 1. The first-order chi connectivity index (χ1) is 11.3. The molecule has 1 amide bonds. The average Bonchev–Trinajstić information content (AvgIpc) is 3.08. The summed E-state index contributed by atoms with van der Waals surface area (Å²) in [6.07, 6.45) is 1.20. The summed E-state index contributed by atoms with van der Waals surface area (Å²) < 4.78 is 26.9. The summed E-state index contributed by atoms with van der Waals surface area (Å²) in [7, 11) is -3.60. The molecular formula is C16H15ClN2O3S2. The van der Waals surface area contributed by atoms with Crippen molar-refractivity contribution in [3.05, 3.63) is 57.9 Å². The quantitative estimate of drug-likeness (QED) is 0.822. The maximum absolute atomic E-state index is 12.8. The molecule has 0 saturated heterocycles. The standard InChI is InChI=1S/C16H15ClN2O3S2/c1-3-15(20)18-16-6-11-8-19(9-14(11)23-16)24(21,22)12-5-4-10(2)13(17)7-12/h3-7H,1,8-9H2,2H3,(H,18,20). The van der Waals surface area contributed by atoms with Crippen molar-refractivity contribution in [2.24, 2.45) is 0 Å². The predicted octanol–water partition coefficient (Wildman–Crippen LogP) is 3.54. The number of thiophene rings is 1. The van der Waals surface area contributed by atoms with Gasteiger partial charge in [-0.3, -0.25) is 4.79 Å². The lowest BCUT2D eigenvalue weighted by molar-refractivity contribution is -0.111. The van der Waals surface area contributed by atoms with Gasteiger partial charge in [0, 0.05) is 23.0 Å². The third kappa shape index (κ3) is 3.12. The number of aryl methyl sites for hydroxylation is 1. The van der Waals surface area contributed by atoms with Gasteiger partial charge in [-0.1, -0.05) is 24.2 Å². The van der Waals surface area contributed by atoms with E-state index >= 15 is 0 Å². The predicted molar refractivity (Wildman–Crippen MR) is 95.8 cm³/mol. The Bertz CT molecular complexity index is 911. The molecule has 0 unspecified atom stereocenters. The highest BCUT2D eigenvalue weighted by atomic mass is 35.5. The number of carbonyl (C=O) groups is 1. The van der Waals surface area contributed by atoms with Crippen molar-refractivity contribution in [2.75, 3.05) is 5.32 Å². The molecule has 1 aliphatic heterocycles. The fourth-order valence-corrected chi connectivity index (χ4v) is 5.26. The van der Waals surface area contributed by atoms with Crippen LogP contribution in [0.15, 0.2) is 41.8 Å². The summed E-state index contributed by atoms with van der Waals surface area (Å²) in [5.74, 6) is -0.284. The van der Waals surface area contributed by atoms with Crippen molar-refractivity contribution in [3.63, 3.8) is 0 Å². The number of sulfonamides is 1. The van der Waals surface area contributed by atoms with Gasteiger partial charge in [-0.25, -0.2) is 8.42 Å². The van der Waals surface area contributed by atoms with Gasteiger partial charge in [0.2, 0.25) is 15.9 Å². The maximum Gasteiger partial charge on any atom is 0.248 e. The summed E-state index contributed by atoms with van der Waals surface area (Å²) in [5.41, 5.74) is 1.74. The number of hydrogen-bond donors (Lipinski definition) is 1. The summed E-state index contributed by atoms with van der Waals surface area (Å²) in [6, 6.07) is 6.55. The van der Waals surface area contributed by atoms with E-state index in [9.17, 15) is 13.2 Å². The minimum atomic E-state index is -3.60.